The van der Waals surface area contributed by atoms with Crippen molar-refractivity contribution in [2.24, 2.45) is 0 Å². The molecule has 1 atom stereocenters. The lowest BCUT2D eigenvalue weighted by Crippen LogP contribution is -2.47. The second kappa shape index (κ2) is 8.06. The first-order valence-corrected chi connectivity index (χ1v) is 10.7. The lowest BCUT2D eigenvalue weighted by molar-refractivity contribution is 0.0961. The fourth-order valence-electron chi connectivity index (χ4n) is 4.60. The first-order chi connectivity index (χ1) is 15.1. The van der Waals surface area contributed by atoms with Crippen molar-refractivity contribution in [1.29, 1.82) is 0 Å². The monoisotopic (exact) mass is 417 g/mol. The molecule has 2 aromatic heterocycles. The number of hydrogen-bond acceptors (Lipinski definition) is 6. The van der Waals surface area contributed by atoms with Crippen molar-refractivity contribution in [1.82, 2.24) is 15.0 Å². The molecule has 1 aliphatic carbocycles. The van der Waals surface area contributed by atoms with Gasteiger partial charge in [0, 0.05) is 38.8 Å². The molecule has 3 heterocycles. The van der Waals surface area contributed by atoms with Crippen LogP contribution in [0.15, 0.2) is 48.7 Å². The largest absolute Gasteiger partial charge is 0.353 e. The Labute approximate surface area is 180 Å². The van der Waals surface area contributed by atoms with Crippen LogP contribution in [0.3, 0.4) is 0 Å². The number of carbonyl (C=O) groups is 1. The molecule has 2 aliphatic rings. The summed E-state index contributed by atoms with van der Waals surface area (Å²) >= 11 is 0. The van der Waals surface area contributed by atoms with Gasteiger partial charge in [-0.05, 0) is 43.0 Å². The quantitative estimate of drug-likeness (QED) is 0.649. The summed E-state index contributed by atoms with van der Waals surface area (Å²) in [5, 5.41) is 0. The Hall–Kier alpha value is -3.35. The fraction of sp³-hybridized carbons (Fsp3) is 0.333. The molecular formula is C24H24FN5O. The summed E-state index contributed by atoms with van der Waals surface area (Å²) in [6, 6.07) is 12.6. The van der Waals surface area contributed by atoms with Crippen molar-refractivity contribution in [2.45, 2.75) is 25.7 Å². The van der Waals surface area contributed by atoms with Crippen molar-refractivity contribution in [2.75, 3.05) is 36.0 Å². The van der Waals surface area contributed by atoms with E-state index in [4.69, 9.17) is 4.98 Å². The third-order valence-corrected chi connectivity index (χ3v) is 6.18. The summed E-state index contributed by atoms with van der Waals surface area (Å²) in [5.41, 5.74) is 2.65. The number of carbonyl (C=O) groups excluding carboxylic acids is 1. The number of rotatable bonds is 3. The minimum atomic E-state index is -0.264. The van der Waals surface area contributed by atoms with E-state index < -0.39 is 0 Å². The van der Waals surface area contributed by atoms with E-state index in [0.29, 0.717) is 35.6 Å². The number of nitrogens with zero attached hydrogens (tertiary/aromatic N) is 5. The average Bonchev–Trinajstić information content (AvgIpc) is 2.79. The molecule has 3 aromatic rings. The number of aromatic nitrogens is 3. The van der Waals surface area contributed by atoms with Crippen LogP contribution in [0.2, 0.25) is 0 Å². The highest BCUT2D eigenvalue weighted by molar-refractivity contribution is 5.99. The van der Waals surface area contributed by atoms with Gasteiger partial charge in [-0.15, -0.1) is 0 Å². The Morgan fingerprint density at radius 3 is 2.42 bits per heavy atom. The zero-order chi connectivity index (χ0) is 21.4. The molecular weight excluding hydrogens is 393 g/mol. The first-order valence-electron chi connectivity index (χ1n) is 10.7. The Bertz CT molecular complexity index is 1110. The number of fused-ring (bicyclic) bond motifs is 1. The van der Waals surface area contributed by atoms with Crippen LogP contribution in [-0.2, 0) is 6.42 Å². The third-order valence-electron chi connectivity index (χ3n) is 6.18. The number of Topliss-reactive ketones (excluding diaryl/α,β-unsaturated/α-hetero) is 1. The zero-order valence-electron chi connectivity index (χ0n) is 17.5. The van der Waals surface area contributed by atoms with Gasteiger partial charge in [-0.2, -0.15) is 0 Å². The molecule has 0 amide bonds. The highest BCUT2D eigenvalue weighted by Gasteiger charge is 2.32. The number of halogens is 1. The minimum Gasteiger partial charge on any atom is -0.353 e. The van der Waals surface area contributed by atoms with Crippen molar-refractivity contribution in [3.63, 3.8) is 0 Å². The van der Waals surface area contributed by atoms with Crippen LogP contribution >= 0.6 is 0 Å². The molecule has 1 fully saturated rings. The summed E-state index contributed by atoms with van der Waals surface area (Å²) in [5.74, 6) is 1.17. The van der Waals surface area contributed by atoms with Crippen LogP contribution in [0.5, 0.6) is 0 Å². The van der Waals surface area contributed by atoms with Gasteiger partial charge in [-0.1, -0.05) is 24.3 Å². The maximum atomic E-state index is 14.3. The van der Waals surface area contributed by atoms with Crippen molar-refractivity contribution < 1.29 is 9.18 Å². The van der Waals surface area contributed by atoms with E-state index >= 15 is 0 Å². The Kier molecular flexibility index (Phi) is 5.10. The Balaban J connectivity index is 1.38. The molecule has 5 rings (SSSR count). The summed E-state index contributed by atoms with van der Waals surface area (Å²) in [7, 11) is 0. The molecule has 1 aliphatic heterocycles. The van der Waals surface area contributed by atoms with Gasteiger partial charge in [-0.25, -0.2) is 19.3 Å². The number of pyridine rings is 1. The molecule has 7 heteroatoms. The predicted molar refractivity (Wildman–Crippen MR) is 117 cm³/mol. The Morgan fingerprint density at radius 1 is 0.935 bits per heavy atom. The third kappa shape index (κ3) is 3.76. The van der Waals surface area contributed by atoms with Gasteiger partial charge in [0.25, 0.3) is 0 Å². The number of benzene rings is 1. The molecule has 158 valence electrons. The van der Waals surface area contributed by atoms with Gasteiger partial charge in [0.1, 0.15) is 11.6 Å². The molecule has 6 nitrogen and oxygen atoms in total. The zero-order valence-corrected chi connectivity index (χ0v) is 17.5. The smallest absolute Gasteiger partial charge is 0.225 e. The van der Waals surface area contributed by atoms with E-state index in [9.17, 15) is 9.18 Å². The average molecular weight is 417 g/mol. The van der Waals surface area contributed by atoms with Gasteiger partial charge < -0.3 is 9.80 Å². The minimum absolute atomic E-state index is 0.00137. The molecule has 0 radical (unpaired) electrons. The maximum absolute atomic E-state index is 14.3. The van der Waals surface area contributed by atoms with E-state index in [-0.39, 0.29) is 17.5 Å². The second-order valence-electron chi connectivity index (χ2n) is 8.14. The van der Waals surface area contributed by atoms with Crippen LogP contribution in [0.4, 0.5) is 16.2 Å². The summed E-state index contributed by atoms with van der Waals surface area (Å²) in [4.78, 5) is 31.1. The summed E-state index contributed by atoms with van der Waals surface area (Å²) in [6.07, 6.45) is 2.65. The van der Waals surface area contributed by atoms with Crippen LogP contribution < -0.4 is 9.80 Å². The Morgan fingerprint density at radius 2 is 1.68 bits per heavy atom. The fourth-order valence-corrected chi connectivity index (χ4v) is 4.60. The maximum Gasteiger partial charge on any atom is 0.225 e. The van der Waals surface area contributed by atoms with E-state index in [2.05, 4.69) is 19.8 Å². The summed E-state index contributed by atoms with van der Waals surface area (Å²) in [6.45, 7) is 5.08. The van der Waals surface area contributed by atoms with Gasteiger partial charge in [0.15, 0.2) is 5.78 Å². The molecule has 31 heavy (non-hydrogen) atoms. The first kappa shape index (κ1) is 19.6. The topological polar surface area (TPSA) is 62.2 Å². The van der Waals surface area contributed by atoms with Gasteiger partial charge >= 0.3 is 0 Å². The molecule has 1 aromatic carbocycles. The molecule has 0 saturated carbocycles. The number of anilines is 2. The van der Waals surface area contributed by atoms with Gasteiger partial charge in [0.05, 0.1) is 17.0 Å². The molecule has 0 spiro atoms. The molecule has 1 unspecified atom stereocenters. The lowest BCUT2D eigenvalue weighted by atomic mass is 9.81. The normalized spacial score (nSPS) is 18.8. The number of piperazine rings is 1. The van der Waals surface area contributed by atoms with Crippen molar-refractivity contribution in [3.8, 4) is 0 Å². The van der Waals surface area contributed by atoms with E-state index in [1.54, 1.807) is 18.3 Å². The molecule has 0 N–H and O–H groups in total. The molecule has 1 saturated heterocycles. The molecule has 0 bridgehead atoms. The van der Waals surface area contributed by atoms with Crippen LogP contribution in [0.25, 0.3) is 0 Å². The highest BCUT2D eigenvalue weighted by Crippen LogP contribution is 2.34. The summed E-state index contributed by atoms with van der Waals surface area (Å²) < 4.78 is 14.3. The van der Waals surface area contributed by atoms with Crippen LogP contribution in [0, 0.1) is 12.7 Å². The number of hydrogen-bond donors (Lipinski definition) is 0. The van der Waals surface area contributed by atoms with Crippen LogP contribution in [-0.4, -0.2) is 46.9 Å². The van der Waals surface area contributed by atoms with Crippen LogP contribution in [0.1, 0.15) is 39.6 Å². The van der Waals surface area contributed by atoms with Crippen molar-refractivity contribution in [3.05, 3.63) is 77.0 Å². The SMILES string of the molecule is Cc1nc(N2CCN(c3ccccn3)CC2)nc2c1C(=O)CC(c1ccccc1F)C2. The number of aryl methyl sites for hydroxylation is 1. The van der Waals surface area contributed by atoms with Gasteiger partial charge in [0.2, 0.25) is 5.95 Å². The van der Waals surface area contributed by atoms with Gasteiger partial charge in [-0.3, -0.25) is 4.79 Å². The van der Waals surface area contributed by atoms with E-state index in [0.717, 1.165) is 37.7 Å². The van der Waals surface area contributed by atoms with E-state index in [1.165, 1.54) is 6.07 Å². The second-order valence-corrected chi connectivity index (χ2v) is 8.14. The highest BCUT2D eigenvalue weighted by atomic mass is 19.1. The lowest BCUT2D eigenvalue weighted by Gasteiger charge is -2.36. The standard InChI is InChI=1S/C24H24FN5O/c1-16-23-20(14-17(15-21(23)31)18-6-2-3-7-19(18)25)28-24(27-16)30-12-10-29(11-13-30)22-8-4-5-9-26-22/h2-9,17H,10-15H2,1H3. The van der Waals surface area contributed by atoms with E-state index in [1.807, 2.05) is 31.2 Å². The number of ketones is 1. The van der Waals surface area contributed by atoms with Crippen molar-refractivity contribution >= 4 is 17.5 Å². The predicted octanol–water partition coefficient (Wildman–Crippen LogP) is 3.56.